The molecule has 1 saturated carbocycles. The summed E-state index contributed by atoms with van der Waals surface area (Å²) in [6.07, 6.45) is 18.3. The Morgan fingerprint density at radius 2 is 1.66 bits per heavy atom. The van der Waals surface area contributed by atoms with Crippen molar-refractivity contribution in [3.8, 4) is 23.0 Å². The average molecular weight is 485 g/mol. The maximum absolute atomic E-state index is 14.2. The van der Waals surface area contributed by atoms with E-state index in [1.807, 2.05) is 30.3 Å². The van der Waals surface area contributed by atoms with Crippen LogP contribution in [0.3, 0.4) is 0 Å². The molecule has 3 rings (SSSR count). The highest BCUT2D eigenvalue weighted by Gasteiger charge is 2.15. The molecule has 1 aromatic heterocycles. The van der Waals surface area contributed by atoms with Crippen LogP contribution < -0.4 is 9.47 Å². The lowest BCUT2D eigenvalue weighted by Gasteiger charge is -2.14. The minimum absolute atomic E-state index is 0.288. The molecule has 0 aliphatic heterocycles. The van der Waals surface area contributed by atoms with Crippen molar-refractivity contribution in [1.82, 2.24) is 9.97 Å². The molecule has 0 N–H and O–H groups in total. The van der Waals surface area contributed by atoms with E-state index in [0.29, 0.717) is 36.9 Å². The molecule has 5 heteroatoms. The van der Waals surface area contributed by atoms with E-state index >= 15 is 0 Å². The van der Waals surface area contributed by atoms with E-state index < -0.39 is 6.17 Å². The van der Waals surface area contributed by atoms with Crippen molar-refractivity contribution in [2.45, 2.75) is 109 Å². The first kappa shape index (κ1) is 27.4. The van der Waals surface area contributed by atoms with Crippen molar-refractivity contribution < 1.29 is 13.9 Å². The number of unbranched alkanes of at least 4 members (excludes halogenated alkanes) is 6. The molecule has 0 radical (unpaired) electrons. The van der Waals surface area contributed by atoms with Gasteiger partial charge in [-0.3, -0.25) is 0 Å². The minimum atomic E-state index is -0.838. The third-order valence-electron chi connectivity index (χ3n) is 7.03. The topological polar surface area (TPSA) is 44.2 Å². The monoisotopic (exact) mass is 484 g/mol. The summed E-state index contributed by atoms with van der Waals surface area (Å²) in [6, 6.07) is 9.82. The van der Waals surface area contributed by atoms with Crippen molar-refractivity contribution in [2.75, 3.05) is 13.2 Å². The number of nitrogens with zero attached hydrogens (tertiary/aromatic N) is 2. The summed E-state index contributed by atoms with van der Waals surface area (Å²) in [4.78, 5) is 9.10. The quantitative estimate of drug-likeness (QED) is 0.198. The van der Waals surface area contributed by atoms with Crippen LogP contribution in [0.1, 0.15) is 103 Å². The molecule has 1 atom stereocenters. The minimum Gasteiger partial charge on any atom is -0.487 e. The third-order valence-corrected chi connectivity index (χ3v) is 7.03. The Morgan fingerprint density at radius 1 is 0.886 bits per heavy atom. The Hall–Kier alpha value is -2.17. The molecular formula is C30H45FN2O2. The van der Waals surface area contributed by atoms with Gasteiger partial charge in [0, 0.05) is 12.0 Å². The number of benzene rings is 1. The predicted octanol–water partition coefficient (Wildman–Crippen LogP) is 8.74. The van der Waals surface area contributed by atoms with Crippen LogP contribution in [0.4, 0.5) is 4.39 Å². The van der Waals surface area contributed by atoms with E-state index in [9.17, 15) is 4.39 Å². The van der Waals surface area contributed by atoms with E-state index in [0.717, 1.165) is 37.2 Å². The average Bonchev–Trinajstić information content (AvgIpc) is 3.40. The lowest BCUT2D eigenvalue weighted by Crippen LogP contribution is -2.10. The molecule has 0 amide bonds. The van der Waals surface area contributed by atoms with Crippen molar-refractivity contribution in [2.24, 2.45) is 5.92 Å². The van der Waals surface area contributed by atoms with E-state index in [1.165, 1.54) is 57.8 Å². The molecule has 194 valence electrons. The Morgan fingerprint density at radius 3 is 2.46 bits per heavy atom. The van der Waals surface area contributed by atoms with Crippen LogP contribution >= 0.6 is 0 Å². The molecule has 0 spiro atoms. The highest BCUT2D eigenvalue weighted by atomic mass is 19.1. The predicted molar refractivity (Wildman–Crippen MR) is 142 cm³/mol. The summed E-state index contributed by atoms with van der Waals surface area (Å²) < 4.78 is 26.1. The summed E-state index contributed by atoms with van der Waals surface area (Å²) in [5.74, 6) is 2.55. The molecule has 1 fully saturated rings. The van der Waals surface area contributed by atoms with Crippen LogP contribution in [0.5, 0.6) is 11.6 Å². The number of hydrogen-bond acceptors (Lipinski definition) is 4. The molecule has 35 heavy (non-hydrogen) atoms. The summed E-state index contributed by atoms with van der Waals surface area (Å²) in [6.45, 7) is 3.04. The number of alkyl halides is 1. The molecule has 0 saturated heterocycles. The van der Waals surface area contributed by atoms with Crippen LogP contribution in [0.2, 0.25) is 0 Å². The molecule has 4 nitrogen and oxygen atoms in total. The molecule has 1 aliphatic rings. The molecule has 1 aliphatic carbocycles. The van der Waals surface area contributed by atoms with E-state index in [2.05, 4.69) is 16.9 Å². The lowest BCUT2D eigenvalue weighted by atomic mass is 9.99. The van der Waals surface area contributed by atoms with Crippen molar-refractivity contribution in [3.05, 3.63) is 36.5 Å². The number of rotatable bonds is 18. The van der Waals surface area contributed by atoms with Gasteiger partial charge in [-0.05, 0) is 18.8 Å². The molecular weight excluding hydrogens is 439 g/mol. The van der Waals surface area contributed by atoms with E-state index in [4.69, 9.17) is 9.47 Å². The Labute approximate surface area is 212 Å². The largest absolute Gasteiger partial charge is 0.487 e. The van der Waals surface area contributed by atoms with E-state index in [-0.39, 0.29) is 6.61 Å². The first-order valence-electron chi connectivity index (χ1n) is 14.1. The molecule has 0 bridgehead atoms. The Bertz CT molecular complexity index is 811. The normalized spacial score (nSPS) is 14.8. The van der Waals surface area contributed by atoms with Gasteiger partial charge >= 0.3 is 0 Å². The van der Waals surface area contributed by atoms with Crippen molar-refractivity contribution in [1.29, 1.82) is 0 Å². The van der Waals surface area contributed by atoms with Gasteiger partial charge in [-0.2, -0.15) is 4.98 Å². The van der Waals surface area contributed by atoms with Crippen LogP contribution in [-0.2, 0) is 0 Å². The van der Waals surface area contributed by atoms with Gasteiger partial charge in [0.1, 0.15) is 6.17 Å². The first-order valence-corrected chi connectivity index (χ1v) is 14.1. The fraction of sp³-hybridized carbons (Fsp3) is 0.667. The highest BCUT2D eigenvalue weighted by molar-refractivity contribution is 5.56. The summed E-state index contributed by atoms with van der Waals surface area (Å²) in [5, 5.41) is 0. The zero-order valence-electron chi connectivity index (χ0n) is 21.7. The second kappa shape index (κ2) is 16.5. The summed E-state index contributed by atoms with van der Waals surface area (Å²) in [7, 11) is 0. The van der Waals surface area contributed by atoms with Crippen molar-refractivity contribution in [3.63, 3.8) is 0 Å². The number of aromatic nitrogens is 2. The fourth-order valence-corrected chi connectivity index (χ4v) is 4.87. The molecule has 1 heterocycles. The number of halogens is 1. The van der Waals surface area contributed by atoms with Crippen molar-refractivity contribution >= 4 is 0 Å². The van der Waals surface area contributed by atoms with Gasteiger partial charge in [-0.15, -0.1) is 0 Å². The molecule has 1 unspecified atom stereocenters. The highest BCUT2D eigenvalue weighted by Crippen LogP contribution is 2.30. The van der Waals surface area contributed by atoms with Gasteiger partial charge in [0.05, 0.1) is 19.4 Å². The zero-order chi connectivity index (χ0) is 24.6. The van der Waals surface area contributed by atoms with E-state index in [1.54, 1.807) is 6.20 Å². The number of hydrogen-bond donors (Lipinski definition) is 0. The second-order valence-electron chi connectivity index (χ2n) is 10.0. The van der Waals surface area contributed by atoms with Gasteiger partial charge in [-0.25, -0.2) is 9.37 Å². The molecule has 1 aromatic carbocycles. The first-order chi connectivity index (χ1) is 17.3. The molecule has 2 aromatic rings. The zero-order valence-corrected chi connectivity index (χ0v) is 21.7. The standard InChI is InChI=1S/C30H45FN2O2/c1-2-3-8-20-27(31)21-23-35-30-28(24-32-29(33-30)26-18-10-7-11-19-26)34-22-14-6-4-5-9-15-25-16-12-13-17-25/h7,10-11,18-19,24-25,27H,2-6,8-9,12-17,20-23H2,1H3. The smallest absolute Gasteiger partial charge is 0.260 e. The lowest BCUT2D eigenvalue weighted by molar-refractivity contribution is 0.207. The van der Waals surface area contributed by atoms with Gasteiger partial charge in [0.2, 0.25) is 0 Å². The van der Waals surface area contributed by atoms with Crippen LogP contribution in [0, 0.1) is 5.92 Å². The Balaban J connectivity index is 1.43. The number of ether oxygens (including phenoxy) is 2. The summed E-state index contributed by atoms with van der Waals surface area (Å²) >= 11 is 0. The van der Waals surface area contributed by atoms with Crippen LogP contribution in [0.25, 0.3) is 11.4 Å². The second-order valence-corrected chi connectivity index (χ2v) is 10.0. The Kier molecular flexibility index (Phi) is 12.9. The van der Waals surface area contributed by atoms with Gasteiger partial charge in [0.15, 0.2) is 11.6 Å². The van der Waals surface area contributed by atoms with Crippen LogP contribution in [-0.4, -0.2) is 29.4 Å². The van der Waals surface area contributed by atoms with Crippen LogP contribution in [0.15, 0.2) is 36.5 Å². The third kappa shape index (κ3) is 10.5. The maximum Gasteiger partial charge on any atom is 0.260 e. The SMILES string of the molecule is CCCCCC(F)CCOc1nc(-c2ccccc2)ncc1OCCCCCCCC1CCCC1. The summed E-state index contributed by atoms with van der Waals surface area (Å²) in [5.41, 5.74) is 0.921. The van der Waals surface area contributed by atoms with Gasteiger partial charge < -0.3 is 9.47 Å². The maximum atomic E-state index is 14.2. The van der Waals surface area contributed by atoms with Gasteiger partial charge in [-0.1, -0.05) is 114 Å². The fourth-order valence-electron chi connectivity index (χ4n) is 4.87. The van der Waals surface area contributed by atoms with Gasteiger partial charge in [0.25, 0.3) is 5.88 Å².